The van der Waals surface area contributed by atoms with Gasteiger partial charge in [0.15, 0.2) is 0 Å². The van der Waals surface area contributed by atoms with Crippen molar-refractivity contribution in [3.8, 4) is 5.75 Å². The molecule has 5 heteroatoms. The number of hydrogen-bond acceptors (Lipinski definition) is 4. The van der Waals surface area contributed by atoms with Gasteiger partial charge in [-0.15, -0.1) is 0 Å². The van der Waals surface area contributed by atoms with Crippen LogP contribution in [-0.4, -0.2) is 41.0 Å². The molecule has 1 aromatic rings. The smallest absolute Gasteiger partial charge is 0.323 e. The van der Waals surface area contributed by atoms with Crippen molar-refractivity contribution >= 4 is 5.97 Å². The van der Waals surface area contributed by atoms with E-state index < -0.39 is 11.5 Å². The highest BCUT2D eigenvalue weighted by molar-refractivity contribution is 5.78. The van der Waals surface area contributed by atoms with Gasteiger partial charge >= 0.3 is 5.97 Å². The SMILES string of the molecule is CCNC(C)(CC(C)Oc1ccc(CCO)cc1)C(=O)O. The molecule has 2 atom stereocenters. The Labute approximate surface area is 125 Å². The van der Waals surface area contributed by atoms with Gasteiger partial charge < -0.3 is 20.3 Å². The third kappa shape index (κ3) is 5.36. The number of carbonyl (C=O) groups is 1. The molecule has 21 heavy (non-hydrogen) atoms. The van der Waals surface area contributed by atoms with E-state index in [-0.39, 0.29) is 12.7 Å². The van der Waals surface area contributed by atoms with Crippen molar-refractivity contribution in [3.63, 3.8) is 0 Å². The van der Waals surface area contributed by atoms with E-state index in [2.05, 4.69) is 5.32 Å². The Morgan fingerprint density at radius 3 is 2.48 bits per heavy atom. The van der Waals surface area contributed by atoms with Crippen LogP contribution in [0.5, 0.6) is 5.75 Å². The number of carboxylic acids is 1. The highest BCUT2D eigenvalue weighted by Gasteiger charge is 2.34. The summed E-state index contributed by atoms with van der Waals surface area (Å²) in [5.74, 6) is -0.175. The molecule has 0 aliphatic heterocycles. The summed E-state index contributed by atoms with van der Waals surface area (Å²) >= 11 is 0. The Kier molecular flexibility index (Phi) is 6.65. The van der Waals surface area contributed by atoms with Crippen LogP contribution in [0.3, 0.4) is 0 Å². The third-order valence-corrected chi connectivity index (χ3v) is 3.40. The number of aliphatic carboxylic acids is 1. The van der Waals surface area contributed by atoms with Crippen LogP contribution in [0.2, 0.25) is 0 Å². The van der Waals surface area contributed by atoms with E-state index in [1.165, 1.54) is 0 Å². The number of aliphatic hydroxyl groups excluding tert-OH is 1. The maximum Gasteiger partial charge on any atom is 0.323 e. The molecule has 0 spiro atoms. The molecule has 3 N–H and O–H groups in total. The Bertz CT molecular complexity index is 446. The Balaban J connectivity index is 2.63. The van der Waals surface area contributed by atoms with Crippen LogP contribution in [0.25, 0.3) is 0 Å². The number of likely N-dealkylation sites (N-methyl/N-ethyl adjacent to an activating group) is 1. The summed E-state index contributed by atoms with van der Waals surface area (Å²) in [4.78, 5) is 11.4. The molecule has 0 heterocycles. The molecule has 0 aliphatic rings. The lowest BCUT2D eigenvalue weighted by Crippen LogP contribution is -2.51. The molecule has 118 valence electrons. The van der Waals surface area contributed by atoms with Gasteiger partial charge in [-0.2, -0.15) is 0 Å². The number of benzene rings is 1. The monoisotopic (exact) mass is 295 g/mol. The summed E-state index contributed by atoms with van der Waals surface area (Å²) in [6.07, 6.45) is 0.760. The highest BCUT2D eigenvalue weighted by atomic mass is 16.5. The zero-order valence-corrected chi connectivity index (χ0v) is 12.9. The molecule has 0 amide bonds. The van der Waals surface area contributed by atoms with Gasteiger partial charge in [-0.05, 0) is 44.5 Å². The Hall–Kier alpha value is -1.59. The second-order valence-electron chi connectivity index (χ2n) is 5.42. The number of carboxylic acid groups (broad SMARTS) is 1. The van der Waals surface area contributed by atoms with Crippen LogP contribution in [0.4, 0.5) is 0 Å². The quantitative estimate of drug-likeness (QED) is 0.648. The zero-order chi connectivity index (χ0) is 15.9. The Morgan fingerprint density at radius 1 is 1.38 bits per heavy atom. The molecule has 0 aliphatic carbocycles. The first-order valence-corrected chi connectivity index (χ1v) is 7.26. The molecule has 0 fully saturated rings. The van der Waals surface area contributed by atoms with Crippen LogP contribution in [-0.2, 0) is 11.2 Å². The van der Waals surface area contributed by atoms with Gasteiger partial charge in [0.1, 0.15) is 11.3 Å². The number of aliphatic hydroxyl groups is 1. The van der Waals surface area contributed by atoms with Crippen molar-refractivity contribution in [2.45, 2.75) is 45.3 Å². The molecule has 0 aromatic heterocycles. The number of nitrogens with one attached hydrogen (secondary N) is 1. The van der Waals surface area contributed by atoms with E-state index in [4.69, 9.17) is 9.84 Å². The molecule has 1 aromatic carbocycles. The maximum atomic E-state index is 11.4. The maximum absolute atomic E-state index is 11.4. The van der Waals surface area contributed by atoms with E-state index in [0.717, 1.165) is 5.56 Å². The third-order valence-electron chi connectivity index (χ3n) is 3.40. The fourth-order valence-corrected chi connectivity index (χ4v) is 2.34. The summed E-state index contributed by atoms with van der Waals surface area (Å²) in [6.45, 7) is 6.12. The zero-order valence-electron chi connectivity index (χ0n) is 12.9. The van der Waals surface area contributed by atoms with Gasteiger partial charge in [0, 0.05) is 13.0 Å². The predicted octanol–water partition coefficient (Wildman–Crippen LogP) is 1.83. The standard InChI is InChI=1S/C16H25NO4/c1-4-17-16(3,15(19)20)11-12(2)21-14-7-5-13(6-8-14)9-10-18/h5-8,12,17-18H,4,9-11H2,1-3H3,(H,19,20). The van der Waals surface area contributed by atoms with Crippen LogP contribution in [0, 0.1) is 0 Å². The van der Waals surface area contributed by atoms with Gasteiger partial charge in [0.2, 0.25) is 0 Å². The van der Waals surface area contributed by atoms with E-state index in [1.54, 1.807) is 6.92 Å². The minimum absolute atomic E-state index is 0.121. The molecule has 2 unspecified atom stereocenters. The first kappa shape index (κ1) is 17.5. The lowest BCUT2D eigenvalue weighted by Gasteiger charge is -2.29. The molecular weight excluding hydrogens is 270 g/mol. The van der Waals surface area contributed by atoms with Crippen LogP contribution in [0.15, 0.2) is 24.3 Å². The summed E-state index contributed by atoms with van der Waals surface area (Å²) in [7, 11) is 0. The molecular formula is C16H25NO4. The summed E-state index contributed by atoms with van der Waals surface area (Å²) in [6, 6.07) is 7.48. The minimum atomic E-state index is -0.995. The van der Waals surface area contributed by atoms with Crippen molar-refractivity contribution in [1.82, 2.24) is 5.32 Å². The largest absolute Gasteiger partial charge is 0.491 e. The van der Waals surface area contributed by atoms with E-state index in [0.29, 0.717) is 25.1 Å². The van der Waals surface area contributed by atoms with Crippen LogP contribution in [0.1, 0.15) is 32.8 Å². The lowest BCUT2D eigenvalue weighted by atomic mass is 9.95. The van der Waals surface area contributed by atoms with E-state index >= 15 is 0 Å². The van der Waals surface area contributed by atoms with Crippen molar-refractivity contribution < 1.29 is 19.7 Å². The molecule has 0 saturated heterocycles. The number of hydrogen-bond donors (Lipinski definition) is 3. The van der Waals surface area contributed by atoms with Crippen molar-refractivity contribution in [1.29, 1.82) is 0 Å². The first-order valence-electron chi connectivity index (χ1n) is 7.26. The molecule has 0 bridgehead atoms. The average molecular weight is 295 g/mol. The molecule has 1 rings (SSSR count). The molecule has 0 saturated carbocycles. The van der Waals surface area contributed by atoms with Crippen molar-refractivity contribution in [2.75, 3.05) is 13.2 Å². The first-order chi connectivity index (χ1) is 9.91. The average Bonchev–Trinajstić information content (AvgIpc) is 2.41. The second kappa shape index (κ2) is 8.00. The van der Waals surface area contributed by atoms with Gasteiger partial charge in [0.25, 0.3) is 0 Å². The van der Waals surface area contributed by atoms with E-state index in [1.807, 2.05) is 38.1 Å². The van der Waals surface area contributed by atoms with Crippen molar-refractivity contribution in [3.05, 3.63) is 29.8 Å². The van der Waals surface area contributed by atoms with Crippen molar-refractivity contribution in [2.24, 2.45) is 0 Å². The summed E-state index contributed by atoms with van der Waals surface area (Å²) in [5, 5.41) is 21.2. The lowest BCUT2D eigenvalue weighted by molar-refractivity contribution is -0.145. The summed E-state index contributed by atoms with van der Waals surface area (Å²) < 4.78 is 5.77. The van der Waals surface area contributed by atoms with Crippen LogP contribution >= 0.6 is 0 Å². The Morgan fingerprint density at radius 2 is 2.00 bits per heavy atom. The molecule has 5 nitrogen and oxygen atoms in total. The van der Waals surface area contributed by atoms with Gasteiger partial charge in [-0.3, -0.25) is 4.79 Å². The molecule has 0 radical (unpaired) electrons. The van der Waals surface area contributed by atoms with E-state index in [9.17, 15) is 9.90 Å². The highest BCUT2D eigenvalue weighted by Crippen LogP contribution is 2.19. The number of rotatable bonds is 9. The normalized spacial score (nSPS) is 15.2. The fraction of sp³-hybridized carbons (Fsp3) is 0.562. The van der Waals surface area contributed by atoms with Crippen LogP contribution < -0.4 is 10.1 Å². The minimum Gasteiger partial charge on any atom is -0.491 e. The second-order valence-corrected chi connectivity index (χ2v) is 5.42. The predicted molar refractivity (Wildman–Crippen MR) is 81.7 cm³/mol. The topological polar surface area (TPSA) is 78.8 Å². The summed E-state index contributed by atoms with van der Waals surface area (Å²) in [5.41, 5.74) is 0.0471. The van der Waals surface area contributed by atoms with Gasteiger partial charge in [0.05, 0.1) is 6.10 Å². The van der Waals surface area contributed by atoms with Gasteiger partial charge in [-0.25, -0.2) is 0 Å². The number of ether oxygens (including phenoxy) is 1. The fourth-order valence-electron chi connectivity index (χ4n) is 2.34. The van der Waals surface area contributed by atoms with Gasteiger partial charge in [-0.1, -0.05) is 19.1 Å².